The van der Waals surface area contributed by atoms with Crippen LogP contribution in [0.4, 0.5) is 0 Å². The Bertz CT molecular complexity index is 813. The SMILES string of the molecule is COc1cc(OC)cc(OCc2nnc(-c3ccccc3Cl)o2)c1. The summed E-state index contributed by atoms with van der Waals surface area (Å²) in [6.45, 7) is 0.119. The lowest BCUT2D eigenvalue weighted by molar-refractivity contribution is 0.261. The van der Waals surface area contributed by atoms with Crippen LogP contribution in [0.3, 0.4) is 0 Å². The summed E-state index contributed by atoms with van der Waals surface area (Å²) in [6, 6.07) is 12.5. The molecule has 1 aromatic heterocycles. The lowest BCUT2D eigenvalue weighted by Gasteiger charge is -2.08. The van der Waals surface area contributed by atoms with Crippen molar-refractivity contribution in [2.75, 3.05) is 14.2 Å². The average Bonchev–Trinajstić information content (AvgIpc) is 3.08. The molecule has 1 heterocycles. The smallest absolute Gasteiger partial charge is 0.254 e. The van der Waals surface area contributed by atoms with Gasteiger partial charge in [-0.2, -0.15) is 0 Å². The van der Waals surface area contributed by atoms with Crippen molar-refractivity contribution in [1.82, 2.24) is 10.2 Å². The Balaban J connectivity index is 1.73. The van der Waals surface area contributed by atoms with Crippen molar-refractivity contribution in [1.29, 1.82) is 0 Å². The van der Waals surface area contributed by atoms with E-state index in [9.17, 15) is 0 Å². The molecule has 2 aromatic carbocycles. The second kappa shape index (κ2) is 7.23. The van der Waals surface area contributed by atoms with Crippen molar-refractivity contribution in [2.45, 2.75) is 6.61 Å². The van der Waals surface area contributed by atoms with Gasteiger partial charge in [0.25, 0.3) is 5.89 Å². The van der Waals surface area contributed by atoms with Crippen molar-refractivity contribution in [2.24, 2.45) is 0 Å². The number of rotatable bonds is 6. The van der Waals surface area contributed by atoms with E-state index in [1.807, 2.05) is 18.2 Å². The van der Waals surface area contributed by atoms with E-state index in [0.29, 0.717) is 39.6 Å². The van der Waals surface area contributed by atoms with E-state index in [4.69, 9.17) is 30.2 Å². The minimum atomic E-state index is 0.119. The monoisotopic (exact) mass is 346 g/mol. The molecule has 0 N–H and O–H groups in total. The second-order valence-corrected chi connectivity index (χ2v) is 5.23. The highest BCUT2D eigenvalue weighted by atomic mass is 35.5. The molecule has 0 saturated carbocycles. The number of hydrogen-bond acceptors (Lipinski definition) is 6. The van der Waals surface area contributed by atoms with Crippen molar-refractivity contribution in [3.63, 3.8) is 0 Å². The van der Waals surface area contributed by atoms with Crippen LogP contribution in [-0.2, 0) is 6.61 Å². The minimum Gasteiger partial charge on any atom is -0.496 e. The van der Waals surface area contributed by atoms with Crippen LogP contribution in [0.15, 0.2) is 46.9 Å². The molecule has 3 rings (SSSR count). The fourth-order valence-electron chi connectivity index (χ4n) is 2.07. The maximum atomic E-state index is 6.12. The molecule has 24 heavy (non-hydrogen) atoms. The molecule has 0 atom stereocenters. The summed E-state index contributed by atoms with van der Waals surface area (Å²) in [6.07, 6.45) is 0. The lowest BCUT2D eigenvalue weighted by Crippen LogP contribution is -1.97. The number of benzene rings is 2. The van der Waals surface area contributed by atoms with E-state index in [-0.39, 0.29) is 6.61 Å². The van der Waals surface area contributed by atoms with Gasteiger partial charge in [-0.25, -0.2) is 0 Å². The Labute approximate surface area is 143 Å². The van der Waals surface area contributed by atoms with Crippen molar-refractivity contribution < 1.29 is 18.6 Å². The Kier molecular flexibility index (Phi) is 4.86. The molecule has 0 aliphatic heterocycles. The van der Waals surface area contributed by atoms with Gasteiger partial charge in [0.15, 0.2) is 6.61 Å². The summed E-state index contributed by atoms with van der Waals surface area (Å²) < 4.78 is 21.7. The minimum absolute atomic E-state index is 0.119. The zero-order valence-corrected chi connectivity index (χ0v) is 13.9. The third-order valence-electron chi connectivity index (χ3n) is 3.26. The highest BCUT2D eigenvalue weighted by Gasteiger charge is 2.12. The van der Waals surface area contributed by atoms with Crippen LogP contribution in [0.5, 0.6) is 17.2 Å². The van der Waals surface area contributed by atoms with E-state index in [1.54, 1.807) is 38.5 Å². The topological polar surface area (TPSA) is 66.6 Å². The van der Waals surface area contributed by atoms with Gasteiger partial charge in [-0.15, -0.1) is 10.2 Å². The van der Waals surface area contributed by atoms with E-state index < -0.39 is 0 Å². The molecular weight excluding hydrogens is 332 g/mol. The lowest BCUT2D eigenvalue weighted by atomic mass is 10.2. The Morgan fingerprint density at radius 2 is 1.62 bits per heavy atom. The number of methoxy groups -OCH3 is 2. The highest BCUT2D eigenvalue weighted by Crippen LogP contribution is 2.29. The summed E-state index contributed by atoms with van der Waals surface area (Å²) in [5.41, 5.74) is 0.681. The third-order valence-corrected chi connectivity index (χ3v) is 3.59. The van der Waals surface area contributed by atoms with Crippen molar-refractivity contribution >= 4 is 11.6 Å². The second-order valence-electron chi connectivity index (χ2n) is 4.82. The average molecular weight is 347 g/mol. The zero-order valence-electron chi connectivity index (χ0n) is 13.2. The van der Waals surface area contributed by atoms with Crippen LogP contribution in [0.25, 0.3) is 11.5 Å². The fourth-order valence-corrected chi connectivity index (χ4v) is 2.28. The number of ether oxygens (including phenoxy) is 3. The first-order chi connectivity index (χ1) is 11.7. The molecule has 0 aliphatic rings. The number of aromatic nitrogens is 2. The number of nitrogens with zero attached hydrogens (tertiary/aromatic N) is 2. The summed E-state index contributed by atoms with van der Waals surface area (Å²) in [7, 11) is 3.15. The first kappa shape index (κ1) is 16.1. The number of hydrogen-bond donors (Lipinski definition) is 0. The van der Waals surface area contributed by atoms with Crippen molar-refractivity contribution in [3.05, 3.63) is 53.4 Å². The molecule has 124 valence electrons. The maximum absolute atomic E-state index is 6.12. The molecule has 0 bridgehead atoms. The summed E-state index contributed by atoms with van der Waals surface area (Å²) in [5.74, 6) is 2.52. The van der Waals surface area contributed by atoms with Gasteiger partial charge in [0, 0.05) is 18.2 Å². The maximum Gasteiger partial charge on any atom is 0.254 e. The van der Waals surface area contributed by atoms with Crippen molar-refractivity contribution in [3.8, 4) is 28.7 Å². The molecule has 0 unspecified atom stereocenters. The molecule has 0 radical (unpaired) electrons. The largest absolute Gasteiger partial charge is 0.496 e. The molecule has 7 heteroatoms. The zero-order chi connectivity index (χ0) is 16.9. The normalized spacial score (nSPS) is 10.5. The summed E-state index contributed by atoms with van der Waals surface area (Å²) in [5, 5.41) is 8.51. The van der Waals surface area contributed by atoms with Gasteiger partial charge in [0.1, 0.15) is 17.2 Å². The molecule has 0 spiro atoms. The molecule has 6 nitrogen and oxygen atoms in total. The standard InChI is InChI=1S/C17H15ClN2O4/c1-21-11-7-12(22-2)9-13(8-11)23-10-16-19-20-17(24-16)14-5-3-4-6-15(14)18/h3-9H,10H2,1-2H3. The molecule has 0 aliphatic carbocycles. The van der Waals surface area contributed by atoms with Crippen LogP contribution in [0.2, 0.25) is 5.02 Å². The molecular formula is C17H15ClN2O4. The first-order valence-electron chi connectivity index (χ1n) is 7.12. The van der Waals surface area contributed by atoms with Gasteiger partial charge < -0.3 is 18.6 Å². The molecule has 0 fully saturated rings. The predicted octanol–water partition coefficient (Wildman–Crippen LogP) is 3.99. The van der Waals surface area contributed by atoms with Gasteiger partial charge >= 0.3 is 0 Å². The van der Waals surface area contributed by atoms with Crippen LogP contribution in [0.1, 0.15) is 5.89 Å². The molecule has 0 saturated heterocycles. The van der Waals surface area contributed by atoms with Crippen LogP contribution in [-0.4, -0.2) is 24.4 Å². The number of halogens is 1. The van der Waals surface area contributed by atoms with E-state index in [0.717, 1.165) is 0 Å². The van der Waals surface area contributed by atoms with Crippen LogP contribution in [0, 0.1) is 0 Å². The predicted molar refractivity (Wildman–Crippen MR) is 88.6 cm³/mol. The quantitative estimate of drug-likeness (QED) is 0.672. The van der Waals surface area contributed by atoms with E-state index >= 15 is 0 Å². The van der Waals surface area contributed by atoms with Crippen LogP contribution < -0.4 is 14.2 Å². The van der Waals surface area contributed by atoms with Gasteiger partial charge in [-0.3, -0.25) is 0 Å². The van der Waals surface area contributed by atoms with Gasteiger partial charge in [0.2, 0.25) is 5.89 Å². The van der Waals surface area contributed by atoms with Crippen LogP contribution >= 0.6 is 11.6 Å². The Hall–Kier alpha value is -2.73. The summed E-state index contributed by atoms with van der Waals surface area (Å²) >= 11 is 6.12. The Morgan fingerprint density at radius 3 is 2.29 bits per heavy atom. The Morgan fingerprint density at radius 1 is 0.958 bits per heavy atom. The van der Waals surface area contributed by atoms with Gasteiger partial charge in [-0.1, -0.05) is 23.7 Å². The first-order valence-corrected chi connectivity index (χ1v) is 7.50. The molecule has 3 aromatic rings. The van der Waals surface area contributed by atoms with E-state index in [1.165, 1.54) is 0 Å². The van der Waals surface area contributed by atoms with Gasteiger partial charge in [0.05, 0.1) is 24.8 Å². The van der Waals surface area contributed by atoms with E-state index in [2.05, 4.69) is 10.2 Å². The fraction of sp³-hybridized carbons (Fsp3) is 0.176. The molecule has 0 amide bonds. The van der Waals surface area contributed by atoms with Gasteiger partial charge in [-0.05, 0) is 12.1 Å². The highest BCUT2D eigenvalue weighted by molar-refractivity contribution is 6.33. The third kappa shape index (κ3) is 3.60. The summed E-state index contributed by atoms with van der Waals surface area (Å²) in [4.78, 5) is 0.